The third-order valence-corrected chi connectivity index (χ3v) is 15.4. The Balaban J connectivity index is 0.977. The third kappa shape index (κ3) is 10.9. The summed E-state index contributed by atoms with van der Waals surface area (Å²) in [7, 11) is -8.02. The molecule has 0 unspecified atom stereocenters. The number of sulfonamides is 2. The number of nitrogens with zero attached hydrogens (tertiary/aromatic N) is 4. The number of alkyl halides is 1. The van der Waals surface area contributed by atoms with Gasteiger partial charge in [-0.05, 0) is 103 Å². The second kappa shape index (κ2) is 18.6. The van der Waals surface area contributed by atoms with E-state index in [-0.39, 0.29) is 54.1 Å². The molecule has 4 heterocycles. The molecule has 15 nitrogen and oxygen atoms in total. The molecule has 0 radical (unpaired) electrons. The van der Waals surface area contributed by atoms with Crippen LogP contribution in [-0.2, 0) is 20.0 Å². The molecule has 65 heavy (non-hydrogen) atoms. The van der Waals surface area contributed by atoms with E-state index in [4.69, 9.17) is 21.1 Å². The van der Waals surface area contributed by atoms with E-state index in [1.165, 1.54) is 39.3 Å². The van der Waals surface area contributed by atoms with Gasteiger partial charge in [-0.3, -0.25) is 20.4 Å². The zero-order valence-electron chi connectivity index (χ0n) is 36.4. The lowest BCUT2D eigenvalue weighted by atomic mass is 9.72. The van der Waals surface area contributed by atoms with Gasteiger partial charge in [0, 0.05) is 74.2 Å². The molecular formula is C46H53ClFN7O8S2. The molecule has 0 spiro atoms. The first-order chi connectivity index (χ1) is 30.9. The maximum atomic E-state index is 15.6. The highest BCUT2D eigenvalue weighted by molar-refractivity contribution is 7.90. The van der Waals surface area contributed by atoms with E-state index >= 15 is 4.39 Å². The van der Waals surface area contributed by atoms with E-state index in [9.17, 15) is 26.8 Å². The molecule has 8 rings (SSSR count). The van der Waals surface area contributed by atoms with Crippen molar-refractivity contribution in [2.24, 2.45) is 5.41 Å². The van der Waals surface area contributed by atoms with Gasteiger partial charge < -0.3 is 19.4 Å². The van der Waals surface area contributed by atoms with Gasteiger partial charge >= 0.3 is 0 Å². The van der Waals surface area contributed by atoms with Crippen LogP contribution in [0.25, 0.3) is 16.6 Å². The number of rotatable bonds is 14. The second-order valence-corrected chi connectivity index (χ2v) is 22.0. The molecule has 1 aliphatic carbocycles. The summed E-state index contributed by atoms with van der Waals surface area (Å²) in [4.78, 5) is 25.7. The number of pyridine rings is 1. The Morgan fingerprint density at radius 1 is 0.923 bits per heavy atom. The average Bonchev–Trinajstić information content (AvgIpc) is 3.74. The van der Waals surface area contributed by atoms with Crippen LogP contribution in [0, 0.1) is 5.41 Å². The molecular weight excluding hydrogens is 897 g/mol. The number of anilines is 2. The van der Waals surface area contributed by atoms with Crippen molar-refractivity contribution in [3.63, 3.8) is 0 Å². The molecule has 3 aliphatic rings. The lowest BCUT2D eigenvalue weighted by Crippen LogP contribution is -2.47. The summed E-state index contributed by atoms with van der Waals surface area (Å²) in [5, 5.41) is 11.4. The highest BCUT2D eigenvalue weighted by Gasteiger charge is 2.38. The average molecular weight is 951 g/mol. The van der Waals surface area contributed by atoms with Crippen molar-refractivity contribution in [1.29, 1.82) is 0 Å². The van der Waals surface area contributed by atoms with Crippen molar-refractivity contribution in [3.8, 4) is 17.2 Å². The Morgan fingerprint density at radius 3 is 2.37 bits per heavy atom. The first-order valence-electron chi connectivity index (χ1n) is 21.4. The number of carbonyl (C=O) groups is 1. The van der Waals surface area contributed by atoms with Gasteiger partial charge in [-0.25, -0.2) is 35.2 Å². The third-order valence-electron chi connectivity index (χ3n) is 12.5. The van der Waals surface area contributed by atoms with E-state index in [0.29, 0.717) is 24.5 Å². The maximum Gasteiger partial charge on any atom is 0.268 e. The largest absolute Gasteiger partial charge is 0.488 e. The number of aromatic amines is 1. The molecule has 19 heteroatoms. The number of amides is 1. The molecule has 2 aliphatic heterocycles. The van der Waals surface area contributed by atoms with Gasteiger partial charge in [0.15, 0.2) is 0 Å². The second-order valence-electron chi connectivity index (χ2n) is 17.9. The number of halogens is 2. The fourth-order valence-corrected chi connectivity index (χ4v) is 10.6. The number of piperidine rings is 1. The lowest BCUT2D eigenvalue weighted by molar-refractivity contribution is 0.0370. The number of hydrogen-bond acceptors (Lipinski definition) is 12. The Morgan fingerprint density at radius 2 is 1.66 bits per heavy atom. The normalized spacial score (nSPS) is 18.4. The van der Waals surface area contributed by atoms with Crippen molar-refractivity contribution in [2.75, 3.05) is 69.1 Å². The van der Waals surface area contributed by atoms with Crippen molar-refractivity contribution in [3.05, 3.63) is 107 Å². The summed E-state index contributed by atoms with van der Waals surface area (Å²) in [6, 6.07) is 20.2. The zero-order valence-corrected chi connectivity index (χ0v) is 38.8. The predicted octanol–water partition coefficient (Wildman–Crippen LogP) is 7.86. The van der Waals surface area contributed by atoms with Gasteiger partial charge in [0.2, 0.25) is 10.0 Å². The van der Waals surface area contributed by atoms with Crippen molar-refractivity contribution < 1.29 is 40.7 Å². The molecule has 5 aromatic rings. The first-order valence-corrected chi connectivity index (χ1v) is 25.2. The van der Waals surface area contributed by atoms with Crippen molar-refractivity contribution in [2.45, 2.75) is 56.5 Å². The van der Waals surface area contributed by atoms with Crippen LogP contribution >= 0.6 is 11.6 Å². The summed E-state index contributed by atoms with van der Waals surface area (Å²) in [5.74, 6) is -0.577. The molecule has 0 atom stereocenters. The van der Waals surface area contributed by atoms with E-state index in [2.05, 4.69) is 50.5 Å². The Labute approximate surface area is 383 Å². The molecule has 3 aromatic carbocycles. The highest BCUT2D eigenvalue weighted by atomic mass is 35.5. The number of carbonyl (C=O) groups excluding carboxylic acids is 1. The number of fused-ring (bicyclic) bond motifs is 1. The van der Waals surface area contributed by atoms with E-state index < -0.39 is 43.1 Å². The van der Waals surface area contributed by atoms with E-state index in [0.717, 1.165) is 73.4 Å². The van der Waals surface area contributed by atoms with Gasteiger partial charge in [-0.2, -0.15) is 0 Å². The Hall–Kier alpha value is -5.24. The highest BCUT2D eigenvalue weighted by Crippen LogP contribution is 2.44. The van der Waals surface area contributed by atoms with Crippen LogP contribution in [0.2, 0.25) is 5.02 Å². The first kappa shape index (κ1) is 46.3. The number of hydrogen-bond donors (Lipinski definition) is 4. The summed E-state index contributed by atoms with van der Waals surface area (Å²) in [5.41, 5.74) is 5.51. The topological polar surface area (TPSA) is 186 Å². The number of aromatic nitrogens is 2. The minimum Gasteiger partial charge on any atom is -0.488 e. The minimum atomic E-state index is -4.56. The van der Waals surface area contributed by atoms with Crippen LogP contribution < -0.4 is 24.6 Å². The summed E-state index contributed by atoms with van der Waals surface area (Å²) < 4.78 is 82.0. The number of nitrogens with one attached hydrogen (secondary N) is 3. The van der Waals surface area contributed by atoms with Crippen LogP contribution in [0.1, 0.15) is 61.9 Å². The molecule has 0 bridgehead atoms. The van der Waals surface area contributed by atoms with Crippen LogP contribution in [0.4, 0.5) is 15.8 Å². The smallest absolute Gasteiger partial charge is 0.268 e. The SMILES string of the molecule is CC1(C)CCC(CN2CCN(c3ccc(C(=O)NS(=O)(=O)c4ccc(OCC5(F)CCN(S(C)(=O)=O)CC5)c(NO)c4)c(Oc4cnc5[nH]ccc5c4)c3)CC2)=C(c2ccc(Cl)cc2)C1. The van der Waals surface area contributed by atoms with Crippen LogP contribution in [0.5, 0.6) is 17.2 Å². The summed E-state index contributed by atoms with van der Waals surface area (Å²) in [6.07, 6.45) is 7.27. The number of H-pyrrole nitrogens is 1. The molecule has 2 aromatic heterocycles. The number of piperazine rings is 1. The van der Waals surface area contributed by atoms with E-state index in [1.807, 2.05) is 23.7 Å². The number of ether oxygens (including phenoxy) is 2. The van der Waals surface area contributed by atoms with Gasteiger partial charge in [-0.15, -0.1) is 0 Å². The standard InChI is InChI=1S/C46H53ClFN7O8S2/c1-45(2)14-12-33(39(27-45)31-4-6-34(47)7-5-31)29-53-20-22-54(23-21-53)35-8-10-38(42(25-35)63-36-24-32-13-17-49-43(32)50-28-36)44(56)52-65(60,61)37-9-11-41(40(26-37)51-57)62-30-46(48)15-18-55(19-16-46)64(3,58)59/h4-11,13,17,24-26,28,51,57H,12,14-16,18-23,27,29-30H2,1-3H3,(H,49,50)(H,52,56). The quantitative estimate of drug-likeness (QED) is 0.0792. The molecule has 2 saturated heterocycles. The predicted molar refractivity (Wildman–Crippen MR) is 249 cm³/mol. The van der Waals surface area contributed by atoms with Crippen molar-refractivity contribution >= 4 is 65.5 Å². The van der Waals surface area contributed by atoms with Gasteiger partial charge in [-0.1, -0.05) is 43.2 Å². The molecule has 1 amide bonds. The van der Waals surface area contributed by atoms with E-state index in [1.54, 1.807) is 24.4 Å². The van der Waals surface area contributed by atoms with Crippen molar-refractivity contribution in [1.82, 2.24) is 23.9 Å². The summed E-state index contributed by atoms with van der Waals surface area (Å²) in [6.45, 7) is 8.05. The fraction of sp³-hybridized carbons (Fsp3) is 0.391. The van der Waals surface area contributed by atoms with Gasteiger partial charge in [0.1, 0.15) is 40.9 Å². The number of benzene rings is 3. The van der Waals surface area contributed by atoms with Crippen LogP contribution in [0.15, 0.2) is 95.7 Å². The van der Waals surface area contributed by atoms with Crippen LogP contribution in [0.3, 0.4) is 0 Å². The molecule has 4 N–H and O–H groups in total. The molecule has 346 valence electrons. The summed E-state index contributed by atoms with van der Waals surface area (Å²) >= 11 is 6.24. The Bertz CT molecular complexity index is 2820. The van der Waals surface area contributed by atoms with Gasteiger partial charge in [0.05, 0.1) is 22.9 Å². The minimum absolute atomic E-state index is 0.0164. The maximum absolute atomic E-state index is 15.6. The lowest BCUT2D eigenvalue weighted by Gasteiger charge is -2.39. The Kier molecular flexibility index (Phi) is 13.2. The zero-order chi connectivity index (χ0) is 46.1. The molecule has 2 fully saturated rings. The number of allylic oxidation sites excluding steroid dienone is 1. The van der Waals surface area contributed by atoms with Crippen LogP contribution in [-0.4, -0.2) is 111 Å². The fourth-order valence-electron chi connectivity index (χ4n) is 8.68. The molecule has 0 saturated carbocycles. The van der Waals surface area contributed by atoms with Gasteiger partial charge in [0.25, 0.3) is 15.9 Å². The monoisotopic (exact) mass is 949 g/mol.